The third kappa shape index (κ3) is 1.77. The second kappa shape index (κ2) is 4.30. The van der Waals surface area contributed by atoms with Gasteiger partial charge < -0.3 is 11.1 Å². The molecule has 0 fully saturated rings. The second-order valence-electron chi connectivity index (χ2n) is 4.66. The maximum atomic E-state index is 6.23. The van der Waals surface area contributed by atoms with E-state index in [0.29, 0.717) is 0 Å². The van der Waals surface area contributed by atoms with Crippen LogP contribution in [-0.4, -0.2) is 11.5 Å². The van der Waals surface area contributed by atoms with Gasteiger partial charge >= 0.3 is 0 Å². The summed E-state index contributed by atoms with van der Waals surface area (Å²) in [5.41, 5.74) is 9.88. The summed E-state index contributed by atoms with van der Waals surface area (Å²) in [6, 6.07) is 8.27. The number of nitrogens with one attached hydrogen (secondary N) is 1. The molecule has 4 rings (SSSR count). The fraction of sp³-hybridized carbons (Fsp3) is 0.214. The van der Waals surface area contributed by atoms with Crippen molar-refractivity contribution in [1.82, 2.24) is 10.3 Å². The van der Waals surface area contributed by atoms with E-state index in [2.05, 4.69) is 23.5 Å². The minimum atomic E-state index is 0.910. The third-order valence-electron chi connectivity index (χ3n) is 3.46. The highest BCUT2D eigenvalue weighted by Crippen LogP contribution is 2.42. The highest BCUT2D eigenvalue weighted by molar-refractivity contribution is 7.22. The summed E-state index contributed by atoms with van der Waals surface area (Å²) in [6.45, 7) is 1.97. The van der Waals surface area contributed by atoms with Gasteiger partial charge in [-0.05, 0) is 30.7 Å². The van der Waals surface area contributed by atoms with Crippen molar-refractivity contribution in [2.24, 2.45) is 0 Å². The second-order valence-corrected chi connectivity index (χ2v) is 6.82. The molecule has 0 spiro atoms. The van der Waals surface area contributed by atoms with Gasteiger partial charge in [-0.25, -0.2) is 4.98 Å². The molecule has 2 aromatic heterocycles. The molecule has 0 bridgehead atoms. The molecule has 0 saturated carbocycles. The lowest BCUT2D eigenvalue weighted by molar-refractivity contribution is 0.655. The van der Waals surface area contributed by atoms with Crippen molar-refractivity contribution in [2.75, 3.05) is 12.3 Å². The van der Waals surface area contributed by atoms with E-state index in [9.17, 15) is 0 Å². The van der Waals surface area contributed by atoms with Crippen LogP contribution in [0.5, 0.6) is 0 Å². The number of hydrogen-bond donors (Lipinski definition) is 2. The van der Waals surface area contributed by atoms with E-state index in [-0.39, 0.29) is 0 Å². The summed E-state index contributed by atoms with van der Waals surface area (Å²) in [5, 5.41) is 5.38. The van der Waals surface area contributed by atoms with Gasteiger partial charge in [0, 0.05) is 17.0 Å². The molecule has 0 unspecified atom stereocenters. The Morgan fingerprint density at radius 3 is 3.00 bits per heavy atom. The summed E-state index contributed by atoms with van der Waals surface area (Å²) in [5.74, 6) is 0. The first-order chi connectivity index (χ1) is 9.33. The molecule has 0 aliphatic carbocycles. The molecule has 0 radical (unpaired) electrons. The van der Waals surface area contributed by atoms with Crippen LogP contribution in [0.25, 0.3) is 20.8 Å². The van der Waals surface area contributed by atoms with Crippen molar-refractivity contribution in [2.45, 2.75) is 13.0 Å². The minimum absolute atomic E-state index is 0.910. The Hall–Kier alpha value is -1.43. The number of fused-ring (bicyclic) bond motifs is 2. The molecule has 1 aliphatic heterocycles. The summed E-state index contributed by atoms with van der Waals surface area (Å²) in [6.07, 6.45) is 1.05. The highest BCUT2D eigenvalue weighted by Gasteiger charge is 2.22. The lowest BCUT2D eigenvalue weighted by Gasteiger charge is -2.13. The van der Waals surface area contributed by atoms with E-state index >= 15 is 0 Å². The molecule has 0 saturated heterocycles. The van der Waals surface area contributed by atoms with Gasteiger partial charge in [0.05, 0.1) is 15.2 Å². The number of thiazole rings is 1. The standard InChI is InChI=1S/C14H13N3S2/c15-13-12(8-5-6-16-7-11(8)18-13)14-17-9-3-1-2-4-10(9)19-14/h1-4,16H,5-7,15H2. The molecule has 1 aromatic carbocycles. The molecule has 3 aromatic rings. The zero-order valence-corrected chi connectivity index (χ0v) is 11.9. The quantitative estimate of drug-likeness (QED) is 0.722. The van der Waals surface area contributed by atoms with Crippen molar-refractivity contribution >= 4 is 37.9 Å². The van der Waals surface area contributed by atoms with E-state index in [0.717, 1.165) is 35.0 Å². The Balaban J connectivity index is 1.94. The van der Waals surface area contributed by atoms with Gasteiger partial charge in [-0.15, -0.1) is 22.7 Å². The summed E-state index contributed by atoms with van der Waals surface area (Å²) < 4.78 is 1.23. The van der Waals surface area contributed by atoms with Crippen molar-refractivity contribution in [1.29, 1.82) is 0 Å². The van der Waals surface area contributed by atoms with Crippen molar-refractivity contribution in [3.8, 4) is 10.6 Å². The Kier molecular flexibility index (Phi) is 2.58. The normalized spacial score (nSPS) is 14.7. The van der Waals surface area contributed by atoms with Crippen LogP contribution in [0, 0.1) is 0 Å². The number of aromatic nitrogens is 1. The lowest BCUT2D eigenvalue weighted by Crippen LogP contribution is -2.22. The molecule has 1 aliphatic rings. The number of nitrogen functional groups attached to an aromatic ring is 1. The number of nitrogens with zero attached hydrogens (tertiary/aromatic N) is 1. The molecule has 3 nitrogen and oxygen atoms in total. The Labute approximate surface area is 119 Å². The summed E-state index contributed by atoms with van der Waals surface area (Å²) in [7, 11) is 0. The third-order valence-corrected chi connectivity index (χ3v) is 5.58. The van der Waals surface area contributed by atoms with Gasteiger partial charge in [0.25, 0.3) is 0 Å². The summed E-state index contributed by atoms with van der Waals surface area (Å²) >= 11 is 3.44. The van der Waals surface area contributed by atoms with Gasteiger partial charge in [0.15, 0.2) is 0 Å². The monoisotopic (exact) mass is 287 g/mol. The van der Waals surface area contributed by atoms with Crippen LogP contribution in [-0.2, 0) is 13.0 Å². The first-order valence-corrected chi connectivity index (χ1v) is 7.93. The number of benzene rings is 1. The zero-order chi connectivity index (χ0) is 12.8. The average Bonchev–Trinajstić information content (AvgIpc) is 2.97. The van der Waals surface area contributed by atoms with Crippen LogP contribution in [0.1, 0.15) is 10.4 Å². The smallest absolute Gasteiger partial charge is 0.127 e. The molecule has 0 atom stereocenters. The average molecular weight is 287 g/mol. The van der Waals surface area contributed by atoms with Crippen LogP contribution < -0.4 is 11.1 Å². The molecule has 19 heavy (non-hydrogen) atoms. The van der Waals surface area contributed by atoms with Crippen LogP contribution >= 0.6 is 22.7 Å². The van der Waals surface area contributed by atoms with Crippen LogP contribution in [0.2, 0.25) is 0 Å². The maximum Gasteiger partial charge on any atom is 0.127 e. The van der Waals surface area contributed by atoms with Gasteiger partial charge in [-0.2, -0.15) is 0 Å². The van der Waals surface area contributed by atoms with Gasteiger partial charge in [0.2, 0.25) is 0 Å². The zero-order valence-electron chi connectivity index (χ0n) is 10.3. The van der Waals surface area contributed by atoms with Gasteiger partial charge in [-0.3, -0.25) is 0 Å². The van der Waals surface area contributed by atoms with Crippen molar-refractivity contribution in [3.63, 3.8) is 0 Å². The van der Waals surface area contributed by atoms with Gasteiger partial charge in [-0.1, -0.05) is 12.1 Å². The first kappa shape index (κ1) is 11.4. The maximum absolute atomic E-state index is 6.23. The van der Waals surface area contributed by atoms with E-state index in [4.69, 9.17) is 10.7 Å². The predicted octanol–water partition coefficient (Wildman–Crippen LogP) is 3.25. The Morgan fingerprint density at radius 2 is 2.11 bits per heavy atom. The van der Waals surface area contributed by atoms with Crippen molar-refractivity contribution in [3.05, 3.63) is 34.7 Å². The van der Waals surface area contributed by atoms with E-state index in [1.807, 2.05) is 6.07 Å². The topological polar surface area (TPSA) is 50.9 Å². The number of nitrogens with two attached hydrogens (primary N) is 1. The number of anilines is 1. The molecule has 96 valence electrons. The number of rotatable bonds is 1. The number of hydrogen-bond acceptors (Lipinski definition) is 5. The highest BCUT2D eigenvalue weighted by atomic mass is 32.1. The summed E-state index contributed by atoms with van der Waals surface area (Å²) in [4.78, 5) is 6.12. The molecule has 3 N–H and O–H groups in total. The van der Waals surface area contributed by atoms with Crippen LogP contribution in [0.15, 0.2) is 24.3 Å². The lowest BCUT2D eigenvalue weighted by atomic mass is 10.0. The van der Waals surface area contributed by atoms with Crippen LogP contribution in [0.3, 0.4) is 0 Å². The molecular formula is C14H13N3S2. The Bertz CT molecular complexity index is 724. The molecule has 3 heterocycles. The number of para-hydroxylation sites is 1. The van der Waals surface area contributed by atoms with Gasteiger partial charge in [0.1, 0.15) is 5.01 Å². The van der Waals surface area contributed by atoms with E-state index < -0.39 is 0 Å². The van der Waals surface area contributed by atoms with Crippen LogP contribution in [0.4, 0.5) is 5.00 Å². The SMILES string of the molecule is Nc1sc2c(c1-c1nc3ccccc3s1)CCNC2. The fourth-order valence-electron chi connectivity index (χ4n) is 2.57. The first-order valence-electron chi connectivity index (χ1n) is 6.29. The Morgan fingerprint density at radius 1 is 1.21 bits per heavy atom. The predicted molar refractivity (Wildman–Crippen MR) is 82.8 cm³/mol. The van der Waals surface area contributed by atoms with Crippen molar-refractivity contribution < 1.29 is 0 Å². The minimum Gasteiger partial charge on any atom is -0.390 e. The number of thiophene rings is 1. The fourth-order valence-corrected chi connectivity index (χ4v) is 4.78. The van der Waals surface area contributed by atoms with E-state index in [1.54, 1.807) is 22.7 Å². The van der Waals surface area contributed by atoms with E-state index in [1.165, 1.54) is 20.7 Å². The largest absolute Gasteiger partial charge is 0.390 e. The molecule has 5 heteroatoms. The molecule has 0 amide bonds. The molecular weight excluding hydrogens is 274 g/mol.